The SMILES string of the molecule is CCNCc1cn[nH]c1-c1ccncc1. The Morgan fingerprint density at radius 2 is 2.13 bits per heavy atom. The van der Waals surface area contributed by atoms with Gasteiger partial charge in [-0.3, -0.25) is 10.1 Å². The number of pyridine rings is 1. The highest BCUT2D eigenvalue weighted by atomic mass is 15.1. The van der Waals surface area contributed by atoms with Gasteiger partial charge in [-0.1, -0.05) is 6.92 Å². The first-order valence-electron chi connectivity index (χ1n) is 5.05. The molecule has 15 heavy (non-hydrogen) atoms. The largest absolute Gasteiger partial charge is 0.313 e. The maximum Gasteiger partial charge on any atom is 0.0696 e. The highest BCUT2D eigenvalue weighted by Gasteiger charge is 2.05. The molecule has 0 aliphatic heterocycles. The van der Waals surface area contributed by atoms with Crippen molar-refractivity contribution in [3.63, 3.8) is 0 Å². The van der Waals surface area contributed by atoms with Crippen molar-refractivity contribution in [2.75, 3.05) is 6.54 Å². The standard InChI is InChI=1S/C11H14N4/c1-2-12-7-10-8-14-15-11(10)9-3-5-13-6-4-9/h3-6,8,12H,2,7H2,1H3,(H,14,15). The topological polar surface area (TPSA) is 53.6 Å². The summed E-state index contributed by atoms with van der Waals surface area (Å²) in [6, 6.07) is 3.95. The predicted octanol–water partition coefficient (Wildman–Crippen LogP) is 1.58. The van der Waals surface area contributed by atoms with Crippen molar-refractivity contribution < 1.29 is 0 Å². The number of H-pyrrole nitrogens is 1. The summed E-state index contributed by atoms with van der Waals surface area (Å²) in [6.07, 6.45) is 5.43. The number of aromatic nitrogens is 3. The maximum absolute atomic E-state index is 4.07. The van der Waals surface area contributed by atoms with E-state index in [2.05, 4.69) is 27.4 Å². The average Bonchev–Trinajstić information content (AvgIpc) is 2.75. The molecule has 78 valence electrons. The smallest absolute Gasteiger partial charge is 0.0696 e. The van der Waals surface area contributed by atoms with E-state index in [9.17, 15) is 0 Å². The first kappa shape index (κ1) is 9.86. The van der Waals surface area contributed by atoms with Gasteiger partial charge in [-0.25, -0.2) is 0 Å². The van der Waals surface area contributed by atoms with Gasteiger partial charge < -0.3 is 5.32 Å². The Morgan fingerprint density at radius 1 is 1.33 bits per heavy atom. The fourth-order valence-corrected chi connectivity index (χ4v) is 1.47. The molecule has 0 spiro atoms. The van der Waals surface area contributed by atoms with Crippen molar-refractivity contribution >= 4 is 0 Å². The van der Waals surface area contributed by atoms with Crippen LogP contribution in [0.25, 0.3) is 11.3 Å². The van der Waals surface area contributed by atoms with E-state index in [0.717, 1.165) is 24.3 Å². The Morgan fingerprint density at radius 3 is 2.87 bits per heavy atom. The van der Waals surface area contributed by atoms with E-state index in [1.54, 1.807) is 12.4 Å². The quantitative estimate of drug-likeness (QED) is 0.791. The van der Waals surface area contributed by atoms with Gasteiger partial charge in [0.15, 0.2) is 0 Å². The van der Waals surface area contributed by atoms with Gasteiger partial charge in [-0.05, 0) is 18.7 Å². The number of aromatic amines is 1. The lowest BCUT2D eigenvalue weighted by Crippen LogP contribution is -2.11. The second-order valence-electron chi connectivity index (χ2n) is 3.29. The molecule has 4 heteroatoms. The zero-order valence-electron chi connectivity index (χ0n) is 8.70. The van der Waals surface area contributed by atoms with Crippen LogP contribution < -0.4 is 5.32 Å². The molecule has 2 aromatic heterocycles. The number of hydrogen-bond donors (Lipinski definition) is 2. The van der Waals surface area contributed by atoms with Crippen LogP contribution in [0.4, 0.5) is 0 Å². The lowest BCUT2D eigenvalue weighted by atomic mass is 10.1. The van der Waals surface area contributed by atoms with E-state index in [-0.39, 0.29) is 0 Å². The Hall–Kier alpha value is -1.68. The molecule has 0 saturated heterocycles. The molecule has 0 saturated carbocycles. The lowest BCUT2D eigenvalue weighted by molar-refractivity contribution is 0.728. The van der Waals surface area contributed by atoms with Crippen molar-refractivity contribution in [3.05, 3.63) is 36.3 Å². The Kier molecular flexibility index (Phi) is 3.09. The molecule has 0 atom stereocenters. The van der Waals surface area contributed by atoms with Crippen LogP contribution in [-0.4, -0.2) is 21.7 Å². The molecule has 2 N–H and O–H groups in total. The van der Waals surface area contributed by atoms with Crippen LogP contribution in [0.15, 0.2) is 30.7 Å². The molecule has 2 heterocycles. The Balaban J connectivity index is 2.25. The van der Waals surface area contributed by atoms with Crippen molar-refractivity contribution in [1.29, 1.82) is 0 Å². The molecule has 4 nitrogen and oxygen atoms in total. The fourth-order valence-electron chi connectivity index (χ4n) is 1.47. The second-order valence-corrected chi connectivity index (χ2v) is 3.29. The summed E-state index contributed by atoms with van der Waals surface area (Å²) in [5, 5.41) is 10.4. The summed E-state index contributed by atoms with van der Waals surface area (Å²) in [4.78, 5) is 4.00. The van der Waals surface area contributed by atoms with Gasteiger partial charge in [0, 0.05) is 30.1 Å². The normalized spacial score (nSPS) is 10.5. The molecule has 0 aliphatic rings. The van der Waals surface area contributed by atoms with Gasteiger partial charge in [0.1, 0.15) is 0 Å². The van der Waals surface area contributed by atoms with E-state index in [4.69, 9.17) is 0 Å². The van der Waals surface area contributed by atoms with Crippen LogP contribution in [0, 0.1) is 0 Å². The number of nitrogens with one attached hydrogen (secondary N) is 2. The maximum atomic E-state index is 4.07. The van der Waals surface area contributed by atoms with Crippen LogP contribution in [0.5, 0.6) is 0 Å². The third kappa shape index (κ3) is 2.22. The van der Waals surface area contributed by atoms with E-state index >= 15 is 0 Å². The predicted molar refractivity (Wildman–Crippen MR) is 59.2 cm³/mol. The third-order valence-electron chi connectivity index (χ3n) is 2.25. The fraction of sp³-hybridized carbons (Fsp3) is 0.273. The van der Waals surface area contributed by atoms with Crippen molar-refractivity contribution in [1.82, 2.24) is 20.5 Å². The Bertz CT molecular complexity index is 408. The van der Waals surface area contributed by atoms with Gasteiger partial charge in [0.25, 0.3) is 0 Å². The van der Waals surface area contributed by atoms with E-state index < -0.39 is 0 Å². The minimum absolute atomic E-state index is 0.838. The van der Waals surface area contributed by atoms with Crippen LogP contribution >= 0.6 is 0 Å². The molecule has 0 amide bonds. The van der Waals surface area contributed by atoms with Crippen molar-refractivity contribution in [2.24, 2.45) is 0 Å². The summed E-state index contributed by atoms with van der Waals surface area (Å²) >= 11 is 0. The number of hydrogen-bond acceptors (Lipinski definition) is 3. The van der Waals surface area contributed by atoms with E-state index in [0.29, 0.717) is 0 Å². The van der Waals surface area contributed by atoms with Gasteiger partial charge in [-0.2, -0.15) is 5.10 Å². The highest BCUT2D eigenvalue weighted by Crippen LogP contribution is 2.19. The third-order valence-corrected chi connectivity index (χ3v) is 2.25. The molecular weight excluding hydrogens is 188 g/mol. The summed E-state index contributed by atoms with van der Waals surface area (Å²) < 4.78 is 0. The van der Waals surface area contributed by atoms with Crippen LogP contribution in [0.3, 0.4) is 0 Å². The summed E-state index contributed by atoms with van der Waals surface area (Å²) in [7, 11) is 0. The first-order chi connectivity index (χ1) is 7.42. The molecule has 2 aromatic rings. The number of nitrogens with zero attached hydrogens (tertiary/aromatic N) is 2. The molecule has 0 aromatic carbocycles. The lowest BCUT2D eigenvalue weighted by Gasteiger charge is -2.03. The zero-order valence-corrected chi connectivity index (χ0v) is 8.70. The summed E-state index contributed by atoms with van der Waals surface area (Å²) in [5.41, 5.74) is 3.37. The van der Waals surface area contributed by atoms with Gasteiger partial charge in [0.05, 0.1) is 11.9 Å². The van der Waals surface area contributed by atoms with Crippen LogP contribution in [-0.2, 0) is 6.54 Å². The monoisotopic (exact) mass is 202 g/mol. The molecule has 0 unspecified atom stereocenters. The van der Waals surface area contributed by atoms with Crippen LogP contribution in [0.1, 0.15) is 12.5 Å². The van der Waals surface area contributed by atoms with Gasteiger partial charge in [-0.15, -0.1) is 0 Å². The van der Waals surface area contributed by atoms with Crippen molar-refractivity contribution in [3.8, 4) is 11.3 Å². The summed E-state index contributed by atoms with van der Waals surface area (Å²) in [5.74, 6) is 0. The average molecular weight is 202 g/mol. The molecule has 0 aliphatic carbocycles. The highest BCUT2D eigenvalue weighted by molar-refractivity contribution is 5.61. The van der Waals surface area contributed by atoms with E-state index in [1.807, 2.05) is 18.3 Å². The van der Waals surface area contributed by atoms with Crippen LogP contribution in [0.2, 0.25) is 0 Å². The molecule has 2 rings (SSSR count). The van der Waals surface area contributed by atoms with Gasteiger partial charge >= 0.3 is 0 Å². The minimum Gasteiger partial charge on any atom is -0.313 e. The van der Waals surface area contributed by atoms with E-state index in [1.165, 1.54) is 5.56 Å². The van der Waals surface area contributed by atoms with Crippen molar-refractivity contribution in [2.45, 2.75) is 13.5 Å². The second kappa shape index (κ2) is 4.70. The number of rotatable bonds is 4. The molecule has 0 radical (unpaired) electrons. The van der Waals surface area contributed by atoms with Gasteiger partial charge in [0.2, 0.25) is 0 Å². The Labute approximate surface area is 88.8 Å². The molecular formula is C11H14N4. The first-order valence-corrected chi connectivity index (χ1v) is 5.05. The molecule has 0 fully saturated rings. The molecule has 0 bridgehead atoms. The zero-order chi connectivity index (χ0) is 10.5. The minimum atomic E-state index is 0.838. The summed E-state index contributed by atoms with van der Waals surface area (Å²) in [6.45, 7) is 3.89.